The van der Waals surface area contributed by atoms with Gasteiger partial charge in [0, 0.05) is 32.7 Å². The summed E-state index contributed by atoms with van der Waals surface area (Å²) in [5.74, 6) is 0. The van der Waals surface area contributed by atoms with Gasteiger partial charge in [-0.1, -0.05) is 0 Å². The Kier molecular flexibility index (Phi) is 3.30. The van der Waals surface area contributed by atoms with Crippen molar-refractivity contribution in [3.63, 3.8) is 0 Å². The maximum Gasteiger partial charge on any atom is 0.159 e. The lowest BCUT2D eigenvalue weighted by Gasteiger charge is -2.38. The van der Waals surface area contributed by atoms with Gasteiger partial charge in [-0.3, -0.25) is 0 Å². The second-order valence-corrected chi connectivity index (χ2v) is 4.88. The fourth-order valence-electron chi connectivity index (χ4n) is 2.96. The Bertz CT molecular complexity index is 206. The van der Waals surface area contributed by atoms with Gasteiger partial charge in [-0.05, 0) is 25.7 Å². The lowest BCUT2D eigenvalue weighted by Crippen LogP contribution is -2.50. The SMILES string of the molecule is COC(CC1(O)CC2CCC(C1)N2)OC. The third-order valence-corrected chi connectivity index (χ3v) is 3.66. The van der Waals surface area contributed by atoms with Gasteiger partial charge in [-0.25, -0.2) is 0 Å². The van der Waals surface area contributed by atoms with E-state index in [0.717, 1.165) is 12.8 Å². The van der Waals surface area contributed by atoms with Crippen LogP contribution >= 0.6 is 0 Å². The van der Waals surface area contributed by atoms with Crippen molar-refractivity contribution in [2.24, 2.45) is 0 Å². The summed E-state index contributed by atoms with van der Waals surface area (Å²) in [6.07, 6.45) is 4.33. The molecule has 0 radical (unpaired) electrons. The monoisotopic (exact) mass is 215 g/mol. The molecular weight excluding hydrogens is 194 g/mol. The highest BCUT2D eigenvalue weighted by Crippen LogP contribution is 2.36. The van der Waals surface area contributed by atoms with Gasteiger partial charge in [0.05, 0.1) is 5.60 Å². The summed E-state index contributed by atoms with van der Waals surface area (Å²) in [5.41, 5.74) is -0.603. The quantitative estimate of drug-likeness (QED) is 0.676. The Labute approximate surface area is 90.9 Å². The number of piperidine rings is 1. The van der Waals surface area contributed by atoms with Crippen LogP contribution in [0.15, 0.2) is 0 Å². The van der Waals surface area contributed by atoms with E-state index in [9.17, 15) is 5.11 Å². The Morgan fingerprint density at radius 1 is 1.27 bits per heavy atom. The fourth-order valence-corrected chi connectivity index (χ4v) is 2.96. The van der Waals surface area contributed by atoms with E-state index in [1.54, 1.807) is 14.2 Å². The second-order valence-electron chi connectivity index (χ2n) is 4.88. The van der Waals surface area contributed by atoms with Crippen LogP contribution in [0.5, 0.6) is 0 Å². The smallest absolute Gasteiger partial charge is 0.159 e. The van der Waals surface area contributed by atoms with Gasteiger partial charge >= 0.3 is 0 Å². The third-order valence-electron chi connectivity index (χ3n) is 3.66. The molecule has 0 saturated carbocycles. The Morgan fingerprint density at radius 2 is 1.80 bits per heavy atom. The van der Waals surface area contributed by atoms with Gasteiger partial charge in [0.25, 0.3) is 0 Å². The number of ether oxygens (including phenoxy) is 2. The van der Waals surface area contributed by atoms with E-state index in [0.29, 0.717) is 18.5 Å². The molecule has 4 heteroatoms. The number of methoxy groups -OCH3 is 2. The Hall–Kier alpha value is -0.160. The summed E-state index contributed by atoms with van der Waals surface area (Å²) < 4.78 is 10.3. The van der Waals surface area contributed by atoms with Gasteiger partial charge in [0.15, 0.2) is 6.29 Å². The van der Waals surface area contributed by atoms with Crippen LogP contribution < -0.4 is 5.32 Å². The average Bonchev–Trinajstić information content (AvgIpc) is 2.55. The first kappa shape index (κ1) is 11.3. The molecule has 2 N–H and O–H groups in total. The lowest BCUT2D eigenvalue weighted by molar-refractivity contribution is -0.152. The van der Waals surface area contributed by atoms with Crippen molar-refractivity contribution in [3.8, 4) is 0 Å². The first-order valence-corrected chi connectivity index (χ1v) is 5.69. The lowest BCUT2D eigenvalue weighted by atomic mass is 9.84. The highest BCUT2D eigenvalue weighted by Gasteiger charge is 2.43. The number of nitrogens with one attached hydrogen (secondary N) is 1. The average molecular weight is 215 g/mol. The topological polar surface area (TPSA) is 50.7 Å². The molecule has 2 bridgehead atoms. The zero-order valence-corrected chi connectivity index (χ0v) is 9.53. The molecule has 0 aromatic heterocycles. The van der Waals surface area contributed by atoms with Gasteiger partial charge < -0.3 is 19.9 Å². The second kappa shape index (κ2) is 4.37. The summed E-state index contributed by atoms with van der Waals surface area (Å²) in [6.45, 7) is 0. The number of fused-ring (bicyclic) bond motifs is 2. The van der Waals surface area contributed by atoms with Crippen LogP contribution in [-0.2, 0) is 9.47 Å². The molecule has 4 nitrogen and oxygen atoms in total. The van der Waals surface area contributed by atoms with Crippen LogP contribution in [0.2, 0.25) is 0 Å². The third kappa shape index (κ3) is 2.50. The Morgan fingerprint density at radius 3 is 2.27 bits per heavy atom. The molecule has 2 heterocycles. The summed E-state index contributed by atoms with van der Waals surface area (Å²) in [6, 6.07) is 0.978. The van der Waals surface area contributed by atoms with Crippen LogP contribution in [0.3, 0.4) is 0 Å². The van der Waals surface area contributed by atoms with Gasteiger partial charge in [-0.2, -0.15) is 0 Å². The van der Waals surface area contributed by atoms with E-state index in [1.807, 2.05) is 0 Å². The molecule has 0 spiro atoms. The standard InChI is InChI=1S/C11H21NO3/c1-14-10(15-2)7-11(13)5-8-3-4-9(6-11)12-8/h8-10,12-13H,3-7H2,1-2H3. The first-order valence-electron chi connectivity index (χ1n) is 5.69. The van der Waals surface area contributed by atoms with Crippen molar-refractivity contribution in [2.75, 3.05) is 14.2 Å². The van der Waals surface area contributed by atoms with E-state index in [-0.39, 0.29) is 6.29 Å². The summed E-state index contributed by atoms with van der Waals surface area (Å²) in [7, 11) is 3.24. The summed E-state index contributed by atoms with van der Waals surface area (Å²) >= 11 is 0. The predicted octanol–water partition coefficient (Wildman–Crippen LogP) is 0.641. The molecule has 2 rings (SSSR count). The van der Waals surface area contributed by atoms with Crippen LogP contribution in [0, 0.1) is 0 Å². The van der Waals surface area contributed by atoms with Gasteiger partial charge in [0.2, 0.25) is 0 Å². The summed E-state index contributed by atoms with van der Waals surface area (Å²) in [4.78, 5) is 0. The van der Waals surface area contributed by atoms with E-state index in [1.165, 1.54) is 12.8 Å². The number of aliphatic hydroxyl groups is 1. The number of hydrogen-bond donors (Lipinski definition) is 2. The van der Waals surface area contributed by atoms with Crippen molar-refractivity contribution in [1.82, 2.24) is 5.32 Å². The van der Waals surface area contributed by atoms with Crippen molar-refractivity contribution < 1.29 is 14.6 Å². The molecule has 2 aliphatic rings. The van der Waals surface area contributed by atoms with Gasteiger partial charge in [0.1, 0.15) is 0 Å². The molecule has 2 atom stereocenters. The molecule has 2 unspecified atom stereocenters. The zero-order valence-electron chi connectivity index (χ0n) is 9.53. The molecule has 0 aromatic carbocycles. The highest BCUT2D eigenvalue weighted by molar-refractivity contribution is 5.00. The molecule has 88 valence electrons. The number of rotatable bonds is 4. The highest BCUT2D eigenvalue weighted by atomic mass is 16.7. The normalized spacial score (nSPS) is 40.0. The molecule has 0 aliphatic carbocycles. The predicted molar refractivity (Wildman–Crippen MR) is 56.6 cm³/mol. The van der Waals surface area contributed by atoms with Crippen molar-refractivity contribution in [2.45, 2.75) is 56.1 Å². The number of hydrogen-bond acceptors (Lipinski definition) is 4. The van der Waals surface area contributed by atoms with E-state index >= 15 is 0 Å². The maximum absolute atomic E-state index is 10.5. The van der Waals surface area contributed by atoms with Crippen LogP contribution in [-0.4, -0.2) is 43.3 Å². The molecule has 2 aliphatic heterocycles. The Balaban J connectivity index is 1.94. The minimum absolute atomic E-state index is 0.285. The minimum atomic E-state index is -0.603. The maximum atomic E-state index is 10.5. The minimum Gasteiger partial charge on any atom is -0.390 e. The van der Waals surface area contributed by atoms with E-state index < -0.39 is 5.60 Å². The van der Waals surface area contributed by atoms with Crippen molar-refractivity contribution in [1.29, 1.82) is 0 Å². The largest absolute Gasteiger partial charge is 0.390 e. The molecule has 15 heavy (non-hydrogen) atoms. The first-order chi connectivity index (χ1) is 7.15. The van der Waals surface area contributed by atoms with E-state index in [4.69, 9.17) is 9.47 Å². The van der Waals surface area contributed by atoms with Crippen LogP contribution in [0.25, 0.3) is 0 Å². The van der Waals surface area contributed by atoms with Crippen molar-refractivity contribution in [3.05, 3.63) is 0 Å². The van der Waals surface area contributed by atoms with Crippen molar-refractivity contribution >= 4 is 0 Å². The molecule has 2 fully saturated rings. The zero-order chi connectivity index (χ0) is 10.9. The van der Waals surface area contributed by atoms with Crippen LogP contribution in [0.4, 0.5) is 0 Å². The fraction of sp³-hybridized carbons (Fsp3) is 1.00. The molecule has 2 saturated heterocycles. The summed E-state index contributed by atoms with van der Waals surface area (Å²) in [5, 5.41) is 14.0. The molecular formula is C11H21NO3. The van der Waals surface area contributed by atoms with Gasteiger partial charge in [-0.15, -0.1) is 0 Å². The molecule has 0 amide bonds. The van der Waals surface area contributed by atoms with Crippen LogP contribution in [0.1, 0.15) is 32.1 Å². The van der Waals surface area contributed by atoms with E-state index in [2.05, 4.69) is 5.32 Å². The molecule has 0 aromatic rings.